The van der Waals surface area contributed by atoms with Crippen LogP contribution in [-0.4, -0.2) is 33.8 Å². The van der Waals surface area contributed by atoms with Gasteiger partial charge in [-0.2, -0.15) is 0 Å². The SMILES string of the molecule is CCc1ccc(C(=O)N(Cc2nc(C(=O)NC(C)CC)co2)C(C)CC)cc1. The van der Waals surface area contributed by atoms with Crippen molar-refractivity contribution >= 4 is 11.8 Å². The number of nitrogens with one attached hydrogen (secondary N) is 1. The van der Waals surface area contributed by atoms with Crippen molar-refractivity contribution < 1.29 is 14.0 Å². The van der Waals surface area contributed by atoms with Crippen molar-refractivity contribution in [2.45, 2.75) is 72.5 Å². The molecule has 0 saturated carbocycles. The molecule has 2 unspecified atom stereocenters. The van der Waals surface area contributed by atoms with Gasteiger partial charge in [0.1, 0.15) is 6.26 Å². The van der Waals surface area contributed by atoms with Gasteiger partial charge in [-0.15, -0.1) is 0 Å². The molecule has 0 aliphatic rings. The van der Waals surface area contributed by atoms with E-state index in [2.05, 4.69) is 17.2 Å². The molecule has 6 nitrogen and oxygen atoms in total. The van der Waals surface area contributed by atoms with Crippen LogP contribution in [0.3, 0.4) is 0 Å². The highest BCUT2D eigenvalue weighted by atomic mass is 16.3. The van der Waals surface area contributed by atoms with Gasteiger partial charge in [0.15, 0.2) is 5.69 Å². The predicted molar refractivity (Wildman–Crippen MR) is 109 cm³/mol. The molecule has 2 aromatic rings. The van der Waals surface area contributed by atoms with Gasteiger partial charge in [-0.05, 0) is 50.8 Å². The third-order valence-electron chi connectivity index (χ3n) is 5.07. The number of rotatable bonds is 9. The molecule has 2 rings (SSSR count). The molecule has 0 saturated heterocycles. The first kappa shape index (κ1) is 21.7. The maximum Gasteiger partial charge on any atom is 0.273 e. The number of carbonyl (C=O) groups is 2. The number of carbonyl (C=O) groups excluding carboxylic acids is 2. The van der Waals surface area contributed by atoms with E-state index in [1.165, 1.54) is 11.8 Å². The van der Waals surface area contributed by atoms with E-state index in [9.17, 15) is 9.59 Å². The Kier molecular flexibility index (Phi) is 7.79. The Morgan fingerprint density at radius 1 is 1.11 bits per heavy atom. The van der Waals surface area contributed by atoms with Crippen LogP contribution in [0, 0.1) is 0 Å². The molecule has 0 radical (unpaired) electrons. The van der Waals surface area contributed by atoms with E-state index in [4.69, 9.17) is 4.42 Å². The zero-order valence-electron chi connectivity index (χ0n) is 17.5. The summed E-state index contributed by atoms with van der Waals surface area (Å²) in [6.45, 7) is 10.3. The van der Waals surface area contributed by atoms with Gasteiger partial charge in [0, 0.05) is 17.6 Å². The second kappa shape index (κ2) is 10.1. The largest absolute Gasteiger partial charge is 0.446 e. The molecule has 1 N–H and O–H groups in total. The molecule has 6 heteroatoms. The van der Waals surface area contributed by atoms with E-state index in [-0.39, 0.29) is 36.1 Å². The van der Waals surface area contributed by atoms with E-state index in [1.807, 2.05) is 52.0 Å². The fourth-order valence-electron chi connectivity index (χ4n) is 2.73. The topological polar surface area (TPSA) is 75.4 Å². The van der Waals surface area contributed by atoms with Crippen LogP contribution in [0.4, 0.5) is 0 Å². The minimum absolute atomic E-state index is 0.0163. The third kappa shape index (κ3) is 5.44. The smallest absolute Gasteiger partial charge is 0.273 e. The summed E-state index contributed by atoms with van der Waals surface area (Å²) >= 11 is 0. The van der Waals surface area contributed by atoms with Crippen molar-refractivity contribution in [1.29, 1.82) is 0 Å². The van der Waals surface area contributed by atoms with Gasteiger partial charge < -0.3 is 14.6 Å². The van der Waals surface area contributed by atoms with Crippen molar-refractivity contribution in [3.8, 4) is 0 Å². The number of aromatic nitrogens is 1. The lowest BCUT2D eigenvalue weighted by Crippen LogP contribution is -2.38. The number of oxazole rings is 1. The molecular weight excluding hydrogens is 354 g/mol. The maximum atomic E-state index is 13.1. The standard InChI is InChI=1S/C22H31N3O3/c1-6-15(4)23-21(26)19-14-28-20(24-19)13-25(16(5)7-2)22(27)18-11-9-17(8-3)10-12-18/h9-12,14-16H,6-8,13H2,1-5H3,(H,23,26). The van der Waals surface area contributed by atoms with Crippen molar-refractivity contribution in [1.82, 2.24) is 15.2 Å². The molecule has 2 amide bonds. The summed E-state index contributed by atoms with van der Waals surface area (Å²) < 4.78 is 5.48. The molecular formula is C22H31N3O3. The Hall–Kier alpha value is -2.63. The molecule has 0 bridgehead atoms. The molecule has 152 valence electrons. The number of aryl methyl sites for hydroxylation is 1. The Labute approximate surface area is 167 Å². The van der Waals surface area contributed by atoms with Crippen LogP contribution >= 0.6 is 0 Å². The minimum atomic E-state index is -0.263. The molecule has 28 heavy (non-hydrogen) atoms. The van der Waals surface area contributed by atoms with Gasteiger partial charge in [0.05, 0.1) is 6.54 Å². The average molecular weight is 386 g/mol. The fraction of sp³-hybridized carbons (Fsp3) is 0.500. The average Bonchev–Trinajstić information content (AvgIpc) is 3.19. The zero-order chi connectivity index (χ0) is 20.7. The lowest BCUT2D eigenvalue weighted by molar-refractivity contribution is 0.0652. The molecule has 2 atom stereocenters. The molecule has 1 heterocycles. The van der Waals surface area contributed by atoms with E-state index in [1.54, 1.807) is 4.90 Å². The zero-order valence-corrected chi connectivity index (χ0v) is 17.5. The highest BCUT2D eigenvalue weighted by Gasteiger charge is 2.23. The Morgan fingerprint density at radius 3 is 2.36 bits per heavy atom. The van der Waals surface area contributed by atoms with Crippen LogP contribution < -0.4 is 5.32 Å². The van der Waals surface area contributed by atoms with Gasteiger partial charge in [-0.25, -0.2) is 4.98 Å². The summed E-state index contributed by atoms with van der Waals surface area (Å²) in [6, 6.07) is 7.75. The summed E-state index contributed by atoms with van der Waals surface area (Å²) in [7, 11) is 0. The minimum Gasteiger partial charge on any atom is -0.446 e. The lowest BCUT2D eigenvalue weighted by atomic mass is 10.1. The number of nitrogens with zero attached hydrogens (tertiary/aromatic N) is 2. The first-order valence-electron chi connectivity index (χ1n) is 10.0. The number of benzene rings is 1. The van der Waals surface area contributed by atoms with Crippen molar-refractivity contribution in [2.75, 3.05) is 0 Å². The van der Waals surface area contributed by atoms with Crippen molar-refractivity contribution in [2.24, 2.45) is 0 Å². The van der Waals surface area contributed by atoms with Crippen LogP contribution in [0.5, 0.6) is 0 Å². The van der Waals surface area contributed by atoms with E-state index in [0.717, 1.165) is 19.3 Å². The second-order valence-corrected chi connectivity index (χ2v) is 7.15. The Balaban J connectivity index is 2.16. The third-order valence-corrected chi connectivity index (χ3v) is 5.07. The molecule has 0 aliphatic carbocycles. The Morgan fingerprint density at radius 2 is 1.79 bits per heavy atom. The van der Waals surface area contributed by atoms with Gasteiger partial charge in [-0.1, -0.05) is 32.9 Å². The first-order chi connectivity index (χ1) is 13.4. The molecule has 1 aromatic heterocycles. The van der Waals surface area contributed by atoms with Crippen molar-refractivity contribution in [3.63, 3.8) is 0 Å². The van der Waals surface area contributed by atoms with Gasteiger partial charge in [0.25, 0.3) is 11.8 Å². The lowest BCUT2D eigenvalue weighted by Gasteiger charge is -2.27. The summed E-state index contributed by atoms with van der Waals surface area (Å²) in [4.78, 5) is 31.3. The molecule has 0 spiro atoms. The monoisotopic (exact) mass is 385 g/mol. The summed E-state index contributed by atoms with van der Waals surface area (Å²) in [6.07, 6.45) is 3.92. The molecule has 0 aliphatic heterocycles. The summed E-state index contributed by atoms with van der Waals surface area (Å²) in [5.74, 6) is 0.0230. The first-order valence-corrected chi connectivity index (χ1v) is 10.0. The highest BCUT2D eigenvalue weighted by molar-refractivity contribution is 5.94. The van der Waals surface area contributed by atoms with Crippen LogP contribution in [0.25, 0.3) is 0 Å². The predicted octanol–water partition coefficient (Wildman–Crippen LogP) is 4.21. The maximum absolute atomic E-state index is 13.1. The second-order valence-electron chi connectivity index (χ2n) is 7.15. The molecule has 1 aromatic carbocycles. The van der Waals surface area contributed by atoms with E-state index in [0.29, 0.717) is 11.5 Å². The Bertz CT molecular complexity index is 783. The van der Waals surface area contributed by atoms with Crippen LogP contribution in [0.1, 0.15) is 79.8 Å². The molecule has 0 fully saturated rings. The van der Waals surface area contributed by atoms with E-state index >= 15 is 0 Å². The summed E-state index contributed by atoms with van der Waals surface area (Å²) in [5.41, 5.74) is 2.06. The van der Waals surface area contributed by atoms with Crippen LogP contribution in [0.15, 0.2) is 34.9 Å². The number of amides is 2. The highest BCUT2D eigenvalue weighted by Crippen LogP contribution is 2.16. The quantitative estimate of drug-likeness (QED) is 0.702. The van der Waals surface area contributed by atoms with Crippen LogP contribution in [-0.2, 0) is 13.0 Å². The van der Waals surface area contributed by atoms with E-state index < -0.39 is 0 Å². The van der Waals surface area contributed by atoms with Crippen molar-refractivity contribution in [3.05, 3.63) is 53.2 Å². The van der Waals surface area contributed by atoms with Crippen LogP contribution in [0.2, 0.25) is 0 Å². The van der Waals surface area contributed by atoms with Gasteiger partial charge in [-0.3, -0.25) is 9.59 Å². The van der Waals surface area contributed by atoms with Gasteiger partial charge >= 0.3 is 0 Å². The normalized spacial score (nSPS) is 13.0. The number of hydrogen-bond donors (Lipinski definition) is 1. The van der Waals surface area contributed by atoms with Gasteiger partial charge in [0.2, 0.25) is 5.89 Å². The summed E-state index contributed by atoms with van der Waals surface area (Å²) in [5, 5.41) is 2.86. The number of hydrogen-bond acceptors (Lipinski definition) is 4. The fourth-order valence-corrected chi connectivity index (χ4v) is 2.73.